The van der Waals surface area contributed by atoms with Crippen molar-refractivity contribution in [1.29, 1.82) is 0 Å². The molecule has 6 nitrogen and oxygen atoms in total. The van der Waals surface area contributed by atoms with Crippen molar-refractivity contribution in [1.82, 2.24) is 0 Å². The Kier molecular flexibility index (Phi) is 6.29. The van der Waals surface area contributed by atoms with Gasteiger partial charge in [0.25, 0.3) is 11.7 Å². The van der Waals surface area contributed by atoms with Gasteiger partial charge >= 0.3 is 0 Å². The molecule has 0 spiro atoms. The number of furan rings is 1. The molecule has 0 aliphatic carbocycles. The number of carbonyl (C=O) groups is 2. The molecule has 0 radical (unpaired) electrons. The number of ketones is 1. The number of benzene rings is 2. The summed E-state index contributed by atoms with van der Waals surface area (Å²) >= 11 is 6.00. The van der Waals surface area contributed by atoms with Crippen LogP contribution in [-0.2, 0) is 9.59 Å². The molecule has 1 aliphatic heterocycles. The molecular formula is C26H24ClNO5. The molecule has 1 amide bonds. The number of aryl methyl sites for hydroxylation is 1. The van der Waals surface area contributed by atoms with E-state index in [0.717, 1.165) is 5.56 Å². The zero-order valence-electron chi connectivity index (χ0n) is 18.5. The fourth-order valence-corrected chi connectivity index (χ4v) is 3.91. The minimum atomic E-state index is -0.918. The zero-order chi connectivity index (χ0) is 23.7. The first-order valence-corrected chi connectivity index (χ1v) is 11.0. The second-order valence-electron chi connectivity index (χ2n) is 8.35. The van der Waals surface area contributed by atoms with Crippen molar-refractivity contribution >= 4 is 34.7 Å². The summed E-state index contributed by atoms with van der Waals surface area (Å²) in [7, 11) is 0. The number of aliphatic hydroxyl groups excluding tert-OH is 1. The molecule has 2 heterocycles. The summed E-state index contributed by atoms with van der Waals surface area (Å²) < 4.78 is 11.4. The molecule has 1 saturated heterocycles. The van der Waals surface area contributed by atoms with Gasteiger partial charge in [-0.2, -0.15) is 0 Å². The summed E-state index contributed by atoms with van der Waals surface area (Å²) in [4.78, 5) is 27.5. The molecule has 1 fully saturated rings. The molecule has 3 aromatic rings. The van der Waals surface area contributed by atoms with E-state index in [2.05, 4.69) is 13.8 Å². The second-order valence-corrected chi connectivity index (χ2v) is 8.78. The molecule has 1 N–H and O–H groups in total. The lowest BCUT2D eigenvalue weighted by Crippen LogP contribution is -2.29. The minimum absolute atomic E-state index is 0.0415. The summed E-state index contributed by atoms with van der Waals surface area (Å²) in [6.07, 6.45) is 1.46. The van der Waals surface area contributed by atoms with Gasteiger partial charge in [0.2, 0.25) is 0 Å². The van der Waals surface area contributed by atoms with Crippen molar-refractivity contribution in [3.8, 4) is 5.75 Å². The Morgan fingerprint density at radius 2 is 1.88 bits per heavy atom. The Morgan fingerprint density at radius 1 is 1.15 bits per heavy atom. The van der Waals surface area contributed by atoms with E-state index in [4.69, 9.17) is 20.8 Å². The van der Waals surface area contributed by atoms with Crippen molar-refractivity contribution in [2.45, 2.75) is 26.8 Å². The van der Waals surface area contributed by atoms with Crippen LogP contribution in [0.25, 0.3) is 5.76 Å². The van der Waals surface area contributed by atoms with Gasteiger partial charge in [-0.3, -0.25) is 14.5 Å². The predicted molar refractivity (Wildman–Crippen MR) is 126 cm³/mol. The third kappa shape index (κ3) is 4.39. The van der Waals surface area contributed by atoms with Crippen molar-refractivity contribution < 1.29 is 23.8 Å². The average molecular weight is 466 g/mol. The van der Waals surface area contributed by atoms with E-state index in [1.807, 2.05) is 6.92 Å². The monoisotopic (exact) mass is 465 g/mol. The van der Waals surface area contributed by atoms with E-state index in [1.54, 1.807) is 54.6 Å². The maximum atomic E-state index is 13.1. The van der Waals surface area contributed by atoms with Gasteiger partial charge in [0.15, 0.2) is 0 Å². The van der Waals surface area contributed by atoms with Crippen molar-refractivity contribution in [3.63, 3.8) is 0 Å². The average Bonchev–Trinajstić information content (AvgIpc) is 3.40. The van der Waals surface area contributed by atoms with Crippen molar-refractivity contribution in [2.75, 3.05) is 11.5 Å². The van der Waals surface area contributed by atoms with Crippen LogP contribution < -0.4 is 9.64 Å². The number of aliphatic hydroxyl groups is 1. The van der Waals surface area contributed by atoms with Crippen LogP contribution >= 0.6 is 11.6 Å². The van der Waals surface area contributed by atoms with Crippen LogP contribution in [0, 0.1) is 12.8 Å². The van der Waals surface area contributed by atoms with Crippen LogP contribution in [0.2, 0.25) is 5.02 Å². The maximum absolute atomic E-state index is 13.1. The molecule has 1 unspecified atom stereocenters. The van der Waals surface area contributed by atoms with E-state index < -0.39 is 17.7 Å². The molecule has 4 rings (SSSR count). The van der Waals surface area contributed by atoms with Gasteiger partial charge in [-0.05, 0) is 73.0 Å². The highest BCUT2D eigenvalue weighted by molar-refractivity contribution is 6.51. The summed E-state index contributed by atoms with van der Waals surface area (Å²) in [5.74, 6) is -0.390. The first-order valence-electron chi connectivity index (χ1n) is 10.6. The fourth-order valence-electron chi connectivity index (χ4n) is 3.79. The molecular weight excluding hydrogens is 442 g/mol. The number of Topliss-reactive ketones (excluding diaryl/α,β-unsaturated/α-hetero) is 1. The maximum Gasteiger partial charge on any atom is 0.300 e. The Labute approximate surface area is 197 Å². The summed E-state index contributed by atoms with van der Waals surface area (Å²) in [6, 6.07) is 14.1. The Bertz CT molecular complexity index is 1210. The highest BCUT2D eigenvalue weighted by Crippen LogP contribution is 2.42. The van der Waals surface area contributed by atoms with Crippen LogP contribution in [0.4, 0.5) is 5.69 Å². The van der Waals surface area contributed by atoms with Crippen LogP contribution in [0.3, 0.4) is 0 Å². The Hall–Kier alpha value is -3.51. The lowest BCUT2D eigenvalue weighted by atomic mass is 9.98. The predicted octanol–water partition coefficient (Wildman–Crippen LogP) is 5.90. The van der Waals surface area contributed by atoms with Crippen LogP contribution in [0.15, 0.2) is 70.9 Å². The molecule has 1 atom stereocenters. The number of carbonyl (C=O) groups excluding carboxylic acids is 2. The normalized spacial score (nSPS) is 17.7. The third-order valence-electron chi connectivity index (χ3n) is 5.38. The number of nitrogens with zero attached hydrogens (tertiary/aromatic N) is 1. The molecule has 0 saturated carbocycles. The van der Waals surface area contributed by atoms with Gasteiger partial charge in [-0.1, -0.05) is 25.4 Å². The number of hydrogen-bond donors (Lipinski definition) is 1. The number of hydrogen-bond acceptors (Lipinski definition) is 5. The third-order valence-corrected chi connectivity index (χ3v) is 5.63. The van der Waals surface area contributed by atoms with Crippen molar-refractivity contribution in [2.24, 2.45) is 5.92 Å². The molecule has 1 aliphatic rings. The fraction of sp³-hybridized carbons (Fsp3) is 0.231. The Balaban J connectivity index is 1.80. The SMILES string of the molecule is Cc1cc(/C(O)=C2/C(=O)C(=O)N(c3ccc(Cl)cc3)C2c2ccco2)ccc1OCC(C)C. The summed E-state index contributed by atoms with van der Waals surface area (Å²) in [6.45, 7) is 6.55. The van der Waals surface area contributed by atoms with E-state index in [0.29, 0.717) is 40.3 Å². The van der Waals surface area contributed by atoms with E-state index >= 15 is 0 Å². The van der Waals surface area contributed by atoms with Gasteiger partial charge in [0, 0.05) is 16.3 Å². The van der Waals surface area contributed by atoms with E-state index in [9.17, 15) is 14.7 Å². The van der Waals surface area contributed by atoms with Crippen LogP contribution in [-0.4, -0.2) is 23.4 Å². The number of halogens is 1. The smallest absolute Gasteiger partial charge is 0.300 e. The number of amides is 1. The molecule has 7 heteroatoms. The lowest BCUT2D eigenvalue weighted by molar-refractivity contribution is -0.132. The number of ether oxygens (including phenoxy) is 1. The van der Waals surface area contributed by atoms with E-state index in [-0.39, 0.29) is 11.3 Å². The highest BCUT2D eigenvalue weighted by Gasteiger charge is 2.48. The molecule has 33 heavy (non-hydrogen) atoms. The van der Waals surface area contributed by atoms with Gasteiger partial charge in [-0.15, -0.1) is 0 Å². The zero-order valence-corrected chi connectivity index (χ0v) is 19.3. The standard InChI is InChI=1S/C26H24ClNO5/c1-15(2)14-33-20-11-6-17(13-16(20)3)24(29)22-23(21-5-4-12-32-21)28(26(31)25(22)30)19-9-7-18(27)8-10-19/h4-13,15,23,29H,14H2,1-3H3/b24-22-. The number of anilines is 1. The Morgan fingerprint density at radius 3 is 2.48 bits per heavy atom. The molecule has 2 aromatic carbocycles. The van der Waals surface area contributed by atoms with Gasteiger partial charge in [0.1, 0.15) is 23.3 Å². The van der Waals surface area contributed by atoms with Gasteiger partial charge in [-0.25, -0.2) is 0 Å². The summed E-state index contributed by atoms with van der Waals surface area (Å²) in [5.41, 5.74) is 1.65. The molecule has 1 aromatic heterocycles. The molecule has 0 bridgehead atoms. The summed E-state index contributed by atoms with van der Waals surface area (Å²) in [5, 5.41) is 11.7. The van der Waals surface area contributed by atoms with Gasteiger partial charge in [0.05, 0.1) is 18.4 Å². The van der Waals surface area contributed by atoms with Crippen LogP contribution in [0.1, 0.15) is 36.8 Å². The lowest BCUT2D eigenvalue weighted by Gasteiger charge is -2.23. The van der Waals surface area contributed by atoms with E-state index in [1.165, 1.54) is 11.2 Å². The molecule has 170 valence electrons. The van der Waals surface area contributed by atoms with Crippen LogP contribution in [0.5, 0.6) is 5.75 Å². The number of rotatable bonds is 6. The first kappa shape index (κ1) is 22.7. The largest absolute Gasteiger partial charge is 0.507 e. The van der Waals surface area contributed by atoms with Crippen molar-refractivity contribution in [3.05, 3.63) is 88.3 Å². The topological polar surface area (TPSA) is 80.0 Å². The minimum Gasteiger partial charge on any atom is -0.507 e. The highest BCUT2D eigenvalue weighted by atomic mass is 35.5. The quantitative estimate of drug-likeness (QED) is 0.278. The first-order chi connectivity index (χ1) is 15.8. The van der Waals surface area contributed by atoms with Gasteiger partial charge < -0.3 is 14.3 Å². The second kappa shape index (κ2) is 9.16.